The van der Waals surface area contributed by atoms with Crippen LogP contribution < -0.4 is 0 Å². The van der Waals surface area contributed by atoms with Gasteiger partial charge in [-0.15, -0.1) is 0 Å². The van der Waals surface area contributed by atoms with Crippen molar-refractivity contribution in [1.82, 2.24) is 0 Å². The first-order valence-corrected chi connectivity index (χ1v) is 6.78. The van der Waals surface area contributed by atoms with Gasteiger partial charge in [0.05, 0.1) is 17.8 Å². The molecule has 0 aromatic rings. The molecule has 0 aliphatic heterocycles. The van der Waals surface area contributed by atoms with Gasteiger partial charge >= 0.3 is 0 Å². The van der Waals surface area contributed by atoms with E-state index in [1.54, 1.807) is 0 Å². The van der Waals surface area contributed by atoms with Gasteiger partial charge in [-0.3, -0.25) is 0 Å². The van der Waals surface area contributed by atoms with Gasteiger partial charge in [-0.25, -0.2) is 0 Å². The van der Waals surface area contributed by atoms with Crippen molar-refractivity contribution in [3.05, 3.63) is 11.6 Å². The predicted molar refractivity (Wildman–Crippen MR) is 74.2 cm³/mol. The van der Waals surface area contributed by atoms with Crippen LogP contribution in [-0.2, 0) is 4.74 Å². The van der Waals surface area contributed by atoms with Crippen LogP contribution in [0.25, 0.3) is 0 Å². The maximum absolute atomic E-state index is 9.35. The Hall–Kier alpha value is -0.340. The van der Waals surface area contributed by atoms with Crippen molar-refractivity contribution >= 4 is 0 Å². The molecule has 2 heteroatoms. The Labute approximate surface area is 107 Å². The summed E-state index contributed by atoms with van der Waals surface area (Å²) in [5, 5.41) is 9.35. The minimum Gasteiger partial charge on any atom is -0.393 e. The van der Waals surface area contributed by atoms with E-state index < -0.39 is 0 Å². The molecule has 0 unspecified atom stereocenters. The monoisotopic (exact) mass is 242 g/mol. The number of aliphatic hydroxyl groups is 1. The van der Waals surface area contributed by atoms with Gasteiger partial charge in [0.15, 0.2) is 0 Å². The van der Waals surface area contributed by atoms with Crippen molar-refractivity contribution in [2.24, 2.45) is 0 Å². The fourth-order valence-corrected chi connectivity index (χ4v) is 2.00. The van der Waals surface area contributed by atoms with E-state index in [0.717, 1.165) is 19.3 Å². The minimum atomic E-state index is -0.288. The number of ether oxygens (including phenoxy) is 1. The van der Waals surface area contributed by atoms with Gasteiger partial charge in [-0.05, 0) is 60.3 Å². The van der Waals surface area contributed by atoms with Crippen LogP contribution in [0.1, 0.15) is 67.2 Å². The molecular weight excluding hydrogens is 212 g/mol. The van der Waals surface area contributed by atoms with Gasteiger partial charge in [0.1, 0.15) is 0 Å². The number of hydrogen-bond donors (Lipinski definition) is 1. The summed E-state index contributed by atoms with van der Waals surface area (Å²) in [5.41, 5.74) is 1.29. The standard InChI is InChI=1S/C15H30O2/c1-7-15(6,10-8-9-12(2)3)17-14(5)11-13(4)16/h9,13-14,16H,7-8,10-11H2,1-6H3/t13-,14-,15+/m1/s1. The molecule has 17 heavy (non-hydrogen) atoms. The topological polar surface area (TPSA) is 29.5 Å². The Morgan fingerprint density at radius 1 is 1.35 bits per heavy atom. The summed E-state index contributed by atoms with van der Waals surface area (Å²) < 4.78 is 6.09. The van der Waals surface area contributed by atoms with Crippen molar-refractivity contribution in [2.75, 3.05) is 0 Å². The first-order chi connectivity index (χ1) is 7.79. The van der Waals surface area contributed by atoms with Crippen LogP contribution in [0.5, 0.6) is 0 Å². The minimum absolute atomic E-state index is 0.0692. The summed E-state index contributed by atoms with van der Waals surface area (Å²) in [6, 6.07) is 0. The van der Waals surface area contributed by atoms with E-state index in [9.17, 15) is 5.11 Å². The average Bonchev–Trinajstić information content (AvgIpc) is 2.15. The molecule has 1 N–H and O–H groups in total. The Balaban J connectivity index is 4.21. The van der Waals surface area contributed by atoms with Crippen molar-refractivity contribution in [3.63, 3.8) is 0 Å². The summed E-state index contributed by atoms with van der Waals surface area (Å²) in [7, 11) is 0. The highest BCUT2D eigenvalue weighted by Crippen LogP contribution is 2.25. The largest absolute Gasteiger partial charge is 0.393 e. The molecule has 0 spiro atoms. The summed E-state index contributed by atoms with van der Waals surface area (Å²) in [5.74, 6) is 0. The van der Waals surface area contributed by atoms with Crippen LogP contribution in [0.4, 0.5) is 0 Å². The van der Waals surface area contributed by atoms with Crippen LogP contribution in [0.3, 0.4) is 0 Å². The predicted octanol–water partition coefficient (Wildman–Crippen LogP) is 4.08. The number of allylic oxidation sites excluding steroid dienone is 2. The molecule has 0 fully saturated rings. The molecule has 102 valence electrons. The zero-order valence-corrected chi connectivity index (χ0v) is 12.4. The van der Waals surface area contributed by atoms with Gasteiger partial charge in [0.25, 0.3) is 0 Å². The number of hydrogen-bond acceptors (Lipinski definition) is 2. The average molecular weight is 242 g/mol. The number of aliphatic hydroxyl groups excluding tert-OH is 1. The van der Waals surface area contributed by atoms with E-state index in [1.807, 2.05) is 13.8 Å². The molecule has 0 aromatic carbocycles. The van der Waals surface area contributed by atoms with Crippen molar-refractivity contribution < 1.29 is 9.84 Å². The summed E-state index contributed by atoms with van der Waals surface area (Å²) >= 11 is 0. The third-order valence-corrected chi connectivity index (χ3v) is 3.13. The molecule has 0 bridgehead atoms. The number of rotatable bonds is 8. The Morgan fingerprint density at radius 2 is 1.94 bits per heavy atom. The van der Waals surface area contributed by atoms with Gasteiger partial charge in [-0.2, -0.15) is 0 Å². The highest BCUT2D eigenvalue weighted by atomic mass is 16.5. The van der Waals surface area contributed by atoms with Crippen LogP contribution in [-0.4, -0.2) is 22.9 Å². The third-order valence-electron chi connectivity index (χ3n) is 3.13. The lowest BCUT2D eigenvalue weighted by Crippen LogP contribution is -2.33. The van der Waals surface area contributed by atoms with E-state index >= 15 is 0 Å². The normalized spacial score (nSPS) is 18.3. The molecule has 0 aliphatic rings. The van der Waals surface area contributed by atoms with Crippen LogP contribution >= 0.6 is 0 Å². The Kier molecular flexibility index (Phi) is 7.73. The molecule has 0 heterocycles. The Bertz CT molecular complexity index is 229. The molecule has 0 saturated carbocycles. The van der Waals surface area contributed by atoms with Crippen molar-refractivity contribution in [1.29, 1.82) is 0 Å². The molecule has 0 aliphatic carbocycles. The molecule has 0 saturated heterocycles. The van der Waals surface area contributed by atoms with Crippen LogP contribution in [0.15, 0.2) is 11.6 Å². The summed E-state index contributed by atoms with van der Waals surface area (Å²) in [4.78, 5) is 0. The first-order valence-electron chi connectivity index (χ1n) is 6.78. The molecule has 3 atom stereocenters. The van der Waals surface area contributed by atoms with Gasteiger partial charge < -0.3 is 9.84 Å². The van der Waals surface area contributed by atoms with Crippen LogP contribution in [0, 0.1) is 0 Å². The van der Waals surface area contributed by atoms with Gasteiger partial charge in [-0.1, -0.05) is 18.6 Å². The first kappa shape index (κ1) is 16.7. The van der Waals surface area contributed by atoms with E-state index in [-0.39, 0.29) is 17.8 Å². The van der Waals surface area contributed by atoms with E-state index in [0.29, 0.717) is 6.42 Å². The summed E-state index contributed by atoms with van der Waals surface area (Å²) in [6.45, 7) is 12.4. The third kappa shape index (κ3) is 8.39. The molecule has 0 rings (SSSR count). The van der Waals surface area contributed by atoms with E-state index in [4.69, 9.17) is 4.74 Å². The molecule has 2 nitrogen and oxygen atoms in total. The maximum Gasteiger partial charge on any atom is 0.0658 e. The lowest BCUT2D eigenvalue weighted by atomic mass is 9.95. The second-order valence-corrected chi connectivity index (χ2v) is 5.64. The quantitative estimate of drug-likeness (QED) is 0.650. The zero-order valence-electron chi connectivity index (χ0n) is 12.4. The smallest absolute Gasteiger partial charge is 0.0658 e. The molecule has 0 radical (unpaired) electrons. The van der Waals surface area contributed by atoms with E-state index in [1.165, 1.54) is 5.57 Å². The Morgan fingerprint density at radius 3 is 2.35 bits per heavy atom. The molecule has 0 amide bonds. The molecule has 0 aromatic heterocycles. The lowest BCUT2D eigenvalue weighted by Gasteiger charge is -2.32. The highest BCUT2D eigenvalue weighted by Gasteiger charge is 2.25. The van der Waals surface area contributed by atoms with Gasteiger partial charge in [0, 0.05) is 0 Å². The summed E-state index contributed by atoms with van der Waals surface area (Å²) in [6.07, 6.45) is 5.91. The van der Waals surface area contributed by atoms with Crippen molar-refractivity contribution in [3.8, 4) is 0 Å². The highest BCUT2D eigenvalue weighted by molar-refractivity contribution is 4.94. The van der Waals surface area contributed by atoms with Crippen molar-refractivity contribution in [2.45, 2.75) is 85.0 Å². The SMILES string of the molecule is CC[C@@](C)(CCC=C(C)C)O[C@H](C)C[C@@H](C)O. The van der Waals surface area contributed by atoms with E-state index in [2.05, 4.69) is 33.8 Å². The molecular formula is C15H30O2. The second kappa shape index (κ2) is 7.88. The van der Waals surface area contributed by atoms with Gasteiger partial charge in [0.2, 0.25) is 0 Å². The zero-order chi connectivity index (χ0) is 13.5. The fraction of sp³-hybridized carbons (Fsp3) is 0.867. The second-order valence-electron chi connectivity index (χ2n) is 5.64. The maximum atomic E-state index is 9.35. The lowest BCUT2D eigenvalue weighted by molar-refractivity contribution is -0.0936. The van der Waals surface area contributed by atoms with Crippen LogP contribution in [0.2, 0.25) is 0 Å². The fourth-order valence-electron chi connectivity index (χ4n) is 2.00.